The van der Waals surface area contributed by atoms with Crippen LogP contribution in [0.2, 0.25) is 0 Å². The van der Waals surface area contributed by atoms with Crippen LogP contribution in [-0.4, -0.2) is 21.6 Å². The Bertz CT molecular complexity index is 660. The lowest BCUT2D eigenvalue weighted by Gasteiger charge is -2.12. The number of hydrogen-bond acceptors (Lipinski definition) is 3. The van der Waals surface area contributed by atoms with E-state index in [0.29, 0.717) is 18.5 Å². The summed E-state index contributed by atoms with van der Waals surface area (Å²) in [6.07, 6.45) is 4.53. The Labute approximate surface area is 115 Å². The topological polar surface area (TPSA) is 90.0 Å². The third-order valence-corrected chi connectivity index (χ3v) is 3.53. The predicted molar refractivity (Wildman–Crippen MR) is 73.1 cm³/mol. The van der Waals surface area contributed by atoms with Crippen LogP contribution in [0.25, 0.3) is 5.69 Å². The van der Waals surface area contributed by atoms with E-state index in [2.05, 4.69) is 10.4 Å². The van der Waals surface area contributed by atoms with E-state index >= 15 is 0 Å². The highest BCUT2D eigenvalue weighted by atomic mass is 16.2. The SMILES string of the molecule is NC(=O)C1(C(=O)Nc2cccc(-n3cccn3)c2)CC1. The highest BCUT2D eigenvalue weighted by Crippen LogP contribution is 2.46. The number of benzene rings is 1. The van der Waals surface area contributed by atoms with Gasteiger partial charge in [-0.3, -0.25) is 9.59 Å². The lowest BCUT2D eigenvalue weighted by Crippen LogP contribution is -2.36. The van der Waals surface area contributed by atoms with Gasteiger partial charge in [0.1, 0.15) is 5.41 Å². The number of anilines is 1. The Morgan fingerprint density at radius 2 is 2.10 bits per heavy atom. The number of aromatic nitrogens is 2. The maximum absolute atomic E-state index is 12.1. The molecular formula is C14H14N4O2. The molecule has 1 aromatic carbocycles. The van der Waals surface area contributed by atoms with E-state index in [-0.39, 0.29) is 5.91 Å². The number of nitrogens with zero attached hydrogens (tertiary/aromatic N) is 2. The molecule has 1 aromatic heterocycles. The van der Waals surface area contributed by atoms with Gasteiger partial charge in [-0.15, -0.1) is 0 Å². The van der Waals surface area contributed by atoms with Gasteiger partial charge >= 0.3 is 0 Å². The van der Waals surface area contributed by atoms with Crippen LogP contribution < -0.4 is 11.1 Å². The molecule has 0 atom stereocenters. The van der Waals surface area contributed by atoms with E-state index < -0.39 is 11.3 Å². The Hall–Kier alpha value is -2.63. The molecule has 1 aliphatic rings. The summed E-state index contributed by atoms with van der Waals surface area (Å²) in [7, 11) is 0. The molecule has 1 aliphatic carbocycles. The fraction of sp³-hybridized carbons (Fsp3) is 0.214. The molecule has 0 spiro atoms. The minimum Gasteiger partial charge on any atom is -0.369 e. The maximum Gasteiger partial charge on any atom is 0.240 e. The van der Waals surface area contributed by atoms with Crippen molar-refractivity contribution in [3.05, 3.63) is 42.7 Å². The second kappa shape index (κ2) is 4.48. The van der Waals surface area contributed by atoms with Gasteiger partial charge in [-0.2, -0.15) is 5.10 Å². The molecule has 0 bridgehead atoms. The average molecular weight is 270 g/mol. The van der Waals surface area contributed by atoms with Gasteiger partial charge in [0.2, 0.25) is 11.8 Å². The van der Waals surface area contributed by atoms with Crippen LogP contribution in [0.4, 0.5) is 5.69 Å². The summed E-state index contributed by atoms with van der Waals surface area (Å²) >= 11 is 0. The van der Waals surface area contributed by atoms with Gasteiger partial charge in [0.05, 0.1) is 5.69 Å². The minimum atomic E-state index is -1.01. The Morgan fingerprint density at radius 1 is 1.30 bits per heavy atom. The standard InChI is InChI=1S/C14H14N4O2/c15-12(19)14(5-6-14)13(20)17-10-3-1-4-11(9-10)18-8-2-7-16-18/h1-4,7-9H,5-6H2,(H2,15,19)(H,17,20). The molecule has 6 nitrogen and oxygen atoms in total. The normalized spacial score (nSPS) is 15.6. The number of rotatable bonds is 4. The number of nitrogens with one attached hydrogen (secondary N) is 1. The van der Waals surface area contributed by atoms with E-state index in [4.69, 9.17) is 5.73 Å². The molecule has 20 heavy (non-hydrogen) atoms. The lowest BCUT2D eigenvalue weighted by atomic mass is 10.1. The molecule has 0 aliphatic heterocycles. The largest absolute Gasteiger partial charge is 0.369 e. The molecule has 1 fully saturated rings. The van der Waals surface area contributed by atoms with Crippen molar-refractivity contribution in [2.75, 3.05) is 5.32 Å². The molecule has 0 radical (unpaired) electrons. The fourth-order valence-electron chi connectivity index (χ4n) is 2.11. The summed E-state index contributed by atoms with van der Waals surface area (Å²) in [5.74, 6) is -0.888. The average Bonchev–Trinajstić information content (AvgIpc) is 3.08. The van der Waals surface area contributed by atoms with Gasteiger partial charge in [0, 0.05) is 18.1 Å². The first-order valence-corrected chi connectivity index (χ1v) is 6.33. The van der Waals surface area contributed by atoms with Crippen LogP contribution in [0, 0.1) is 5.41 Å². The fourth-order valence-corrected chi connectivity index (χ4v) is 2.11. The Kier molecular flexibility index (Phi) is 2.78. The summed E-state index contributed by atoms with van der Waals surface area (Å²) in [4.78, 5) is 23.4. The summed E-state index contributed by atoms with van der Waals surface area (Å²) in [6.45, 7) is 0. The van der Waals surface area contributed by atoms with Gasteiger partial charge in [-0.25, -0.2) is 4.68 Å². The number of hydrogen-bond donors (Lipinski definition) is 2. The molecule has 2 amide bonds. The van der Waals surface area contributed by atoms with Gasteiger partial charge in [-0.1, -0.05) is 6.07 Å². The van der Waals surface area contributed by atoms with Crippen LogP contribution in [0.15, 0.2) is 42.7 Å². The van der Waals surface area contributed by atoms with Gasteiger partial charge in [0.25, 0.3) is 0 Å². The van der Waals surface area contributed by atoms with Crippen molar-refractivity contribution in [1.82, 2.24) is 9.78 Å². The van der Waals surface area contributed by atoms with Crippen molar-refractivity contribution in [3.63, 3.8) is 0 Å². The quantitative estimate of drug-likeness (QED) is 0.814. The first-order chi connectivity index (χ1) is 9.62. The van der Waals surface area contributed by atoms with Crippen molar-refractivity contribution in [2.45, 2.75) is 12.8 Å². The third kappa shape index (κ3) is 2.05. The number of carbonyl (C=O) groups excluding carboxylic acids is 2. The zero-order valence-electron chi connectivity index (χ0n) is 10.7. The maximum atomic E-state index is 12.1. The Balaban J connectivity index is 1.80. The van der Waals surface area contributed by atoms with E-state index in [1.54, 1.807) is 23.0 Å². The first kappa shape index (κ1) is 12.4. The zero-order valence-corrected chi connectivity index (χ0v) is 10.7. The molecule has 0 saturated heterocycles. The second-order valence-corrected chi connectivity index (χ2v) is 4.90. The van der Waals surface area contributed by atoms with Crippen molar-refractivity contribution < 1.29 is 9.59 Å². The van der Waals surface area contributed by atoms with Crippen molar-refractivity contribution in [2.24, 2.45) is 11.1 Å². The van der Waals surface area contributed by atoms with Crippen molar-refractivity contribution in [3.8, 4) is 5.69 Å². The lowest BCUT2D eigenvalue weighted by molar-refractivity contribution is -0.132. The van der Waals surface area contributed by atoms with Crippen LogP contribution >= 0.6 is 0 Å². The predicted octanol–water partition coefficient (Wildman–Crippen LogP) is 1.08. The van der Waals surface area contributed by atoms with Crippen molar-refractivity contribution >= 4 is 17.5 Å². The van der Waals surface area contributed by atoms with E-state index in [9.17, 15) is 9.59 Å². The zero-order chi connectivity index (χ0) is 14.2. The molecule has 1 heterocycles. The monoisotopic (exact) mass is 270 g/mol. The molecular weight excluding hydrogens is 256 g/mol. The molecule has 0 unspecified atom stereocenters. The van der Waals surface area contributed by atoms with E-state index in [0.717, 1.165) is 5.69 Å². The molecule has 3 N–H and O–H groups in total. The van der Waals surface area contributed by atoms with Gasteiger partial charge in [0.15, 0.2) is 0 Å². The molecule has 102 valence electrons. The number of primary amides is 1. The molecule has 1 saturated carbocycles. The Morgan fingerprint density at radius 3 is 2.70 bits per heavy atom. The smallest absolute Gasteiger partial charge is 0.240 e. The third-order valence-electron chi connectivity index (χ3n) is 3.53. The van der Waals surface area contributed by atoms with Gasteiger partial charge in [-0.05, 0) is 37.1 Å². The summed E-state index contributed by atoms with van der Waals surface area (Å²) in [5, 5.41) is 6.87. The van der Waals surface area contributed by atoms with Crippen LogP contribution in [0.1, 0.15) is 12.8 Å². The molecule has 2 aromatic rings. The van der Waals surface area contributed by atoms with E-state index in [1.165, 1.54) is 0 Å². The van der Waals surface area contributed by atoms with E-state index in [1.807, 2.05) is 24.4 Å². The number of carbonyl (C=O) groups is 2. The summed E-state index contributed by atoms with van der Waals surface area (Å²) in [5.41, 5.74) is 5.72. The minimum absolute atomic E-state index is 0.331. The second-order valence-electron chi connectivity index (χ2n) is 4.90. The van der Waals surface area contributed by atoms with Crippen LogP contribution in [0.3, 0.4) is 0 Å². The molecule has 3 rings (SSSR count). The number of amides is 2. The van der Waals surface area contributed by atoms with Crippen molar-refractivity contribution in [1.29, 1.82) is 0 Å². The van der Waals surface area contributed by atoms with Crippen LogP contribution in [0.5, 0.6) is 0 Å². The summed E-state index contributed by atoms with van der Waals surface area (Å²) in [6, 6.07) is 9.07. The number of nitrogens with two attached hydrogens (primary N) is 1. The highest BCUT2D eigenvalue weighted by Gasteiger charge is 2.55. The molecule has 6 heteroatoms. The highest BCUT2D eigenvalue weighted by molar-refractivity contribution is 6.12. The van der Waals surface area contributed by atoms with Crippen LogP contribution in [-0.2, 0) is 9.59 Å². The van der Waals surface area contributed by atoms with Gasteiger partial charge < -0.3 is 11.1 Å². The summed E-state index contributed by atoms with van der Waals surface area (Å²) < 4.78 is 1.69. The first-order valence-electron chi connectivity index (χ1n) is 6.33.